The lowest BCUT2D eigenvalue weighted by Gasteiger charge is -2.26. The molecular weight excluding hydrogens is 959 g/mol. The van der Waals surface area contributed by atoms with E-state index < -0.39 is 0 Å². The Labute approximate surface area is 449 Å². The molecule has 0 aliphatic carbocycles. The molecule has 0 atom stereocenters. The number of thiophene rings is 2. The second-order valence-corrected chi connectivity index (χ2v) is 20.4. The van der Waals surface area contributed by atoms with Crippen LogP contribution in [0.2, 0.25) is 0 Å². The first-order chi connectivity index (χ1) is 36.8. The zero-order chi connectivity index (χ0) is 51.3. The standard InChI is InChI=1S/C15H13N.C14H13NO2.2C13H11N.C11H11NS2/c1-16-14-8-4-2-6-12(14)10-11-13-7-3-5-9-15(13)16;1-15-11-6-2-4-8-13(11)16-10-17-14-9-5-3-7-12(14)15;2*1-14-12-8-4-2-6-10(12)11-7-3-5-9-13(11)14;1-12-10-8(4-6-13-10)2-3-9-5-7-14-11(9)12/h2-11,16H,1H2;2-9,15H,1,10H2;2*2-9,14H,1H2;4-7,12H,1-3H2. The molecule has 75 heavy (non-hydrogen) atoms. The van der Waals surface area contributed by atoms with Crippen molar-refractivity contribution in [2.45, 2.75) is 12.8 Å². The number of nitrogens with one attached hydrogen (secondary N) is 5. The molecule has 5 N–H and O–H groups in total. The number of fused-ring (bicyclic) bond motifs is 12. The van der Waals surface area contributed by atoms with Crippen LogP contribution in [-0.2, 0) is 12.8 Å². The smallest absolute Gasteiger partial charge is 0.231 e. The Morgan fingerprint density at radius 1 is 0.307 bits per heavy atom. The molecule has 5 aliphatic heterocycles. The molecule has 8 aromatic carbocycles. The number of aryl methyl sites for hydroxylation is 2. The van der Waals surface area contributed by atoms with Crippen molar-refractivity contribution >= 4 is 90.3 Å². The van der Waals surface area contributed by atoms with Gasteiger partial charge in [-0.2, -0.15) is 0 Å². The third kappa shape index (κ3) is 10.2. The van der Waals surface area contributed by atoms with Crippen LogP contribution < -0.4 is 34.0 Å². The number of rotatable bonds is 0. The summed E-state index contributed by atoms with van der Waals surface area (Å²) in [4.78, 5) is 5.57. The zero-order valence-electron chi connectivity index (χ0n) is 41.7. The van der Waals surface area contributed by atoms with Gasteiger partial charge in [0.2, 0.25) is 6.79 Å². The Hall–Kier alpha value is -7.70. The topological polar surface area (TPSA) is 40.7 Å². The van der Waals surface area contributed by atoms with Crippen LogP contribution in [0.15, 0.2) is 217 Å². The highest BCUT2D eigenvalue weighted by atomic mass is 32.1. The van der Waals surface area contributed by atoms with Crippen LogP contribution in [-0.4, -0.2) is 6.79 Å². The van der Waals surface area contributed by atoms with Gasteiger partial charge in [0.25, 0.3) is 0 Å². The van der Waals surface area contributed by atoms with E-state index in [1.165, 1.54) is 106 Å². The maximum atomic E-state index is 5.57. The molecule has 10 aromatic rings. The van der Waals surface area contributed by atoms with E-state index in [-0.39, 0.29) is 6.79 Å². The molecule has 7 heterocycles. The number of ether oxygens (including phenoxy) is 2. The second kappa shape index (κ2) is 22.4. The summed E-state index contributed by atoms with van der Waals surface area (Å²) in [5, 5.41) is 7.14. The third-order valence-electron chi connectivity index (χ3n) is 14.2. The first-order valence-corrected chi connectivity index (χ1v) is 26.9. The maximum absolute atomic E-state index is 5.57. The Balaban J connectivity index is 0.000000101. The average Bonchev–Trinajstić information content (AvgIpc) is 4.24. The van der Waals surface area contributed by atoms with E-state index in [1.54, 1.807) is 0 Å². The minimum atomic E-state index is 0.224. The molecule has 7 nitrogen and oxygen atoms in total. The largest absolute Gasteiger partial charge is 0.451 e. The second-order valence-electron chi connectivity index (χ2n) is 18.5. The third-order valence-corrected chi connectivity index (χ3v) is 16.2. The van der Waals surface area contributed by atoms with E-state index in [0.717, 1.165) is 42.5 Å². The normalized spacial score (nSPS) is 14.5. The Bertz CT molecular complexity index is 3310. The minimum Gasteiger partial charge on any atom is -0.451 e. The van der Waals surface area contributed by atoms with Crippen LogP contribution >= 0.6 is 22.7 Å². The van der Waals surface area contributed by atoms with Gasteiger partial charge in [-0.05, 0) is 133 Å². The van der Waals surface area contributed by atoms with Crippen molar-refractivity contribution in [2.75, 3.05) is 6.79 Å². The number of quaternary nitrogens is 5. The fourth-order valence-corrected chi connectivity index (χ4v) is 12.3. The summed E-state index contributed by atoms with van der Waals surface area (Å²) < 4.78 is 11.1. The van der Waals surface area contributed by atoms with Gasteiger partial charge in [0, 0.05) is 56.6 Å². The molecular formula is C66H59N5O2S2. The molecule has 0 fully saturated rings. The van der Waals surface area contributed by atoms with Gasteiger partial charge in [0.15, 0.2) is 32.9 Å². The number of hydrogen-bond acceptors (Lipinski definition) is 4. The lowest BCUT2D eigenvalue weighted by atomic mass is 10.1. The molecule has 0 saturated heterocycles. The predicted molar refractivity (Wildman–Crippen MR) is 309 cm³/mol. The number of para-hydroxylation sites is 10. The van der Waals surface area contributed by atoms with Crippen molar-refractivity contribution in [1.82, 2.24) is 0 Å². The van der Waals surface area contributed by atoms with E-state index in [0.29, 0.717) is 0 Å². The van der Waals surface area contributed by atoms with Gasteiger partial charge in [0.1, 0.15) is 34.1 Å². The van der Waals surface area contributed by atoms with Gasteiger partial charge >= 0.3 is 0 Å². The summed E-state index contributed by atoms with van der Waals surface area (Å²) in [6, 6.07) is 70.7. The van der Waals surface area contributed by atoms with E-state index in [4.69, 9.17) is 9.47 Å². The van der Waals surface area contributed by atoms with Gasteiger partial charge in [-0.3, -0.25) is 0 Å². The molecule has 0 amide bonds. The lowest BCUT2D eigenvalue weighted by Crippen LogP contribution is -2.96. The minimum absolute atomic E-state index is 0.224. The van der Waals surface area contributed by atoms with Crippen LogP contribution in [0.1, 0.15) is 22.3 Å². The van der Waals surface area contributed by atoms with Gasteiger partial charge in [-0.1, -0.05) is 120 Å². The monoisotopic (exact) mass is 1020 g/mol. The number of hydrogen-bond donors (Lipinski definition) is 5. The van der Waals surface area contributed by atoms with Crippen LogP contribution in [0.3, 0.4) is 0 Å². The fraction of sp³-hybridized carbons (Fsp3) is 0.0455. The molecule has 372 valence electrons. The van der Waals surface area contributed by atoms with Crippen LogP contribution in [0.25, 0.3) is 34.4 Å². The molecule has 0 bridgehead atoms. The molecule has 9 heteroatoms. The lowest BCUT2D eigenvalue weighted by molar-refractivity contribution is -0.706. The number of benzene rings is 8. The van der Waals surface area contributed by atoms with Crippen molar-refractivity contribution < 1.29 is 34.0 Å². The Kier molecular flexibility index (Phi) is 14.8. The molecule has 0 unspecified atom stereocenters. The molecule has 0 saturated carbocycles. The van der Waals surface area contributed by atoms with Crippen molar-refractivity contribution in [1.29, 1.82) is 0 Å². The van der Waals surface area contributed by atoms with E-state index in [2.05, 4.69) is 216 Å². The maximum Gasteiger partial charge on any atom is 0.231 e. The highest BCUT2D eigenvalue weighted by molar-refractivity contribution is 7.15. The molecule has 0 spiro atoms. The van der Waals surface area contributed by atoms with E-state index in [1.807, 2.05) is 71.2 Å². The van der Waals surface area contributed by atoms with Crippen LogP contribution in [0, 0.1) is 35.2 Å². The highest BCUT2D eigenvalue weighted by Gasteiger charge is 2.26. The summed E-state index contributed by atoms with van der Waals surface area (Å²) in [7, 11) is 20.9. The summed E-state index contributed by atoms with van der Waals surface area (Å²) in [5.74, 6) is 1.62. The highest BCUT2D eigenvalue weighted by Crippen LogP contribution is 2.38. The summed E-state index contributed by atoms with van der Waals surface area (Å²) in [5.41, 5.74) is 20.3. The van der Waals surface area contributed by atoms with Crippen molar-refractivity contribution in [2.24, 2.45) is 0 Å². The summed E-state index contributed by atoms with van der Waals surface area (Å²) >= 11 is 3.64. The summed E-state index contributed by atoms with van der Waals surface area (Å²) in [6.45, 7) is 0.224. The van der Waals surface area contributed by atoms with E-state index >= 15 is 0 Å². The first-order valence-electron chi connectivity index (χ1n) is 25.1. The SMILES string of the molecule is [CH2-][NH+]1c2ccccc2-c2ccccc21.[CH2-][NH+]1c2ccccc2-c2ccccc21.[CH2-][NH+]1c2ccccc2C=Cc2ccccc21.[CH2-][NH+]1c2ccccc2OCOc2ccccc21.[CH2-][NH+]1c2sccc2CCc2ccsc21. The van der Waals surface area contributed by atoms with Crippen molar-refractivity contribution in [3.05, 3.63) is 275 Å². The van der Waals surface area contributed by atoms with Crippen molar-refractivity contribution in [3.63, 3.8) is 0 Å². The Morgan fingerprint density at radius 3 is 0.987 bits per heavy atom. The fourth-order valence-electron chi connectivity index (χ4n) is 10.3. The van der Waals surface area contributed by atoms with Crippen LogP contribution in [0.4, 0.5) is 55.5 Å². The predicted octanol–water partition coefficient (Wildman–Crippen LogP) is 12.0. The Morgan fingerprint density at radius 2 is 0.600 bits per heavy atom. The van der Waals surface area contributed by atoms with Gasteiger partial charge in [-0.15, -0.1) is 35.2 Å². The molecule has 5 aliphatic rings. The zero-order valence-corrected chi connectivity index (χ0v) is 43.4. The summed E-state index contributed by atoms with van der Waals surface area (Å²) in [6.07, 6.45) is 6.65. The van der Waals surface area contributed by atoms with E-state index in [9.17, 15) is 0 Å². The van der Waals surface area contributed by atoms with Gasteiger partial charge < -0.3 is 34.0 Å². The molecule has 2 aromatic heterocycles. The van der Waals surface area contributed by atoms with Gasteiger partial charge in [-0.25, -0.2) is 0 Å². The first kappa shape index (κ1) is 49.5. The molecule has 15 rings (SSSR count). The van der Waals surface area contributed by atoms with Crippen molar-refractivity contribution in [3.8, 4) is 33.8 Å². The molecule has 0 radical (unpaired) electrons. The quantitative estimate of drug-likeness (QED) is 0.0983. The van der Waals surface area contributed by atoms with Crippen LogP contribution in [0.5, 0.6) is 11.5 Å². The van der Waals surface area contributed by atoms with Gasteiger partial charge in [0.05, 0.1) is 0 Å². The average molecular weight is 1020 g/mol.